The molecule has 0 saturated heterocycles. The van der Waals surface area contributed by atoms with Gasteiger partial charge in [0.2, 0.25) is 0 Å². The first-order valence-corrected chi connectivity index (χ1v) is 11.4. The molecular weight excluding hydrogens is 418 g/mol. The average molecular weight is 446 g/mol. The number of carbonyl (C=O) groups is 1. The minimum Gasteiger partial charge on any atom is -0.358 e. The summed E-state index contributed by atoms with van der Waals surface area (Å²) < 4.78 is 25.9. The number of benzene rings is 2. The Morgan fingerprint density at radius 1 is 1.13 bits per heavy atom. The zero-order valence-corrected chi connectivity index (χ0v) is 18.2. The van der Waals surface area contributed by atoms with E-state index < -0.39 is 16.0 Å². The predicted molar refractivity (Wildman–Crippen MR) is 121 cm³/mol. The van der Waals surface area contributed by atoms with Crippen molar-refractivity contribution in [1.82, 2.24) is 15.8 Å². The van der Waals surface area contributed by atoms with Gasteiger partial charge in [-0.25, -0.2) is 5.48 Å². The Balaban J connectivity index is 0.000000614. The standard InChI is InChI=1S/C21H23N3O2.CH4O3S/c1-15-18(19-4-2-3-5-20(19)23-15)12-13-22-14-17-8-6-16(7-9-17)10-11-21(25)24-26;1-5(2,3)4/h2-11,22-23,26H,12-14H2,1H3,(H,24,25);1H3,(H,2,3,4)/b11-10+;. The Morgan fingerprint density at radius 3 is 2.42 bits per heavy atom. The smallest absolute Gasteiger partial charge is 0.267 e. The van der Waals surface area contributed by atoms with Gasteiger partial charge < -0.3 is 10.3 Å². The molecular formula is C22H27N3O5S. The number of para-hydroxylation sites is 1. The Bertz CT molecular complexity index is 1130. The molecule has 3 aromatic rings. The van der Waals surface area contributed by atoms with E-state index >= 15 is 0 Å². The van der Waals surface area contributed by atoms with E-state index in [9.17, 15) is 13.2 Å². The van der Waals surface area contributed by atoms with Crippen LogP contribution in [0.2, 0.25) is 0 Å². The first kappa shape index (κ1) is 24.3. The van der Waals surface area contributed by atoms with Gasteiger partial charge in [0, 0.05) is 29.2 Å². The number of aromatic nitrogens is 1. The molecule has 8 nitrogen and oxygen atoms in total. The monoisotopic (exact) mass is 445 g/mol. The van der Waals surface area contributed by atoms with Crippen LogP contribution in [0.15, 0.2) is 54.6 Å². The third-order valence-electron chi connectivity index (χ3n) is 4.42. The molecule has 0 aliphatic carbocycles. The topological polar surface area (TPSA) is 132 Å². The summed E-state index contributed by atoms with van der Waals surface area (Å²) in [6, 6.07) is 16.4. The summed E-state index contributed by atoms with van der Waals surface area (Å²) in [5.41, 5.74) is 7.46. The Kier molecular flexibility index (Phi) is 8.95. The number of aryl methyl sites for hydroxylation is 1. The van der Waals surface area contributed by atoms with Gasteiger partial charge in [0.05, 0.1) is 6.26 Å². The molecule has 0 spiro atoms. The number of carbonyl (C=O) groups excluding carboxylic acids is 1. The van der Waals surface area contributed by atoms with Crippen molar-refractivity contribution in [2.75, 3.05) is 12.8 Å². The number of H-pyrrole nitrogens is 1. The maximum absolute atomic E-state index is 11.0. The number of hydrogen-bond acceptors (Lipinski definition) is 5. The SMILES string of the molecule is CS(=O)(=O)O.Cc1[nH]c2ccccc2c1CCNCc1ccc(/C=C/C(=O)NO)cc1. The lowest BCUT2D eigenvalue weighted by molar-refractivity contribution is -0.124. The van der Waals surface area contributed by atoms with Crippen LogP contribution in [-0.2, 0) is 27.9 Å². The first-order chi connectivity index (χ1) is 14.7. The second-order valence-electron chi connectivity index (χ2n) is 6.98. The van der Waals surface area contributed by atoms with E-state index in [-0.39, 0.29) is 0 Å². The minimum atomic E-state index is -3.67. The lowest BCUT2D eigenvalue weighted by atomic mass is 10.1. The molecule has 1 aromatic heterocycles. The molecule has 0 radical (unpaired) electrons. The number of hydroxylamine groups is 1. The van der Waals surface area contributed by atoms with Crippen molar-refractivity contribution in [1.29, 1.82) is 0 Å². The summed E-state index contributed by atoms with van der Waals surface area (Å²) in [6.07, 6.45) is 4.64. The fourth-order valence-corrected chi connectivity index (χ4v) is 3.06. The van der Waals surface area contributed by atoms with Crippen LogP contribution in [0.5, 0.6) is 0 Å². The van der Waals surface area contributed by atoms with Gasteiger partial charge in [-0.3, -0.25) is 14.6 Å². The maximum Gasteiger partial charge on any atom is 0.267 e. The summed E-state index contributed by atoms with van der Waals surface area (Å²) >= 11 is 0. The van der Waals surface area contributed by atoms with Crippen LogP contribution in [0, 0.1) is 6.92 Å². The van der Waals surface area contributed by atoms with Crippen molar-refractivity contribution in [3.63, 3.8) is 0 Å². The van der Waals surface area contributed by atoms with E-state index in [4.69, 9.17) is 9.76 Å². The summed E-state index contributed by atoms with van der Waals surface area (Å²) in [5, 5.41) is 13.2. The van der Waals surface area contributed by atoms with Gasteiger partial charge in [-0.2, -0.15) is 8.42 Å². The third kappa shape index (κ3) is 8.73. The first-order valence-electron chi connectivity index (χ1n) is 9.58. The lowest BCUT2D eigenvalue weighted by Crippen LogP contribution is -2.16. The van der Waals surface area contributed by atoms with Crippen molar-refractivity contribution in [2.24, 2.45) is 0 Å². The number of aromatic amines is 1. The third-order valence-corrected chi connectivity index (χ3v) is 4.42. The van der Waals surface area contributed by atoms with E-state index in [0.29, 0.717) is 6.26 Å². The summed E-state index contributed by atoms with van der Waals surface area (Å²) in [7, 11) is -3.67. The molecule has 0 fully saturated rings. The van der Waals surface area contributed by atoms with Crippen LogP contribution in [0.1, 0.15) is 22.4 Å². The Hall–Kier alpha value is -2.98. The Morgan fingerprint density at radius 2 is 1.77 bits per heavy atom. The van der Waals surface area contributed by atoms with Gasteiger partial charge in [0.15, 0.2) is 0 Å². The number of amides is 1. The highest BCUT2D eigenvalue weighted by atomic mass is 32.2. The van der Waals surface area contributed by atoms with Crippen molar-refractivity contribution in [3.05, 3.63) is 77.0 Å². The molecule has 1 heterocycles. The molecule has 0 saturated carbocycles. The van der Waals surface area contributed by atoms with E-state index in [1.807, 2.05) is 24.3 Å². The normalized spacial score (nSPS) is 11.4. The van der Waals surface area contributed by atoms with E-state index in [0.717, 1.165) is 25.1 Å². The summed E-state index contributed by atoms with van der Waals surface area (Å²) in [4.78, 5) is 14.4. The van der Waals surface area contributed by atoms with E-state index in [2.05, 4.69) is 41.5 Å². The lowest BCUT2D eigenvalue weighted by Gasteiger charge is -2.06. The minimum absolute atomic E-state index is 0.539. The molecule has 0 aliphatic heterocycles. The molecule has 3 rings (SSSR count). The second kappa shape index (κ2) is 11.4. The molecule has 1 amide bonds. The van der Waals surface area contributed by atoms with Crippen LogP contribution < -0.4 is 10.8 Å². The summed E-state index contributed by atoms with van der Waals surface area (Å²) in [5.74, 6) is -0.539. The van der Waals surface area contributed by atoms with Crippen LogP contribution >= 0.6 is 0 Å². The number of nitrogens with one attached hydrogen (secondary N) is 3. The molecule has 166 valence electrons. The van der Waals surface area contributed by atoms with E-state index in [1.165, 1.54) is 33.8 Å². The molecule has 2 aromatic carbocycles. The Labute approximate surface area is 181 Å². The van der Waals surface area contributed by atoms with Crippen LogP contribution in [0.4, 0.5) is 0 Å². The van der Waals surface area contributed by atoms with Crippen molar-refractivity contribution >= 4 is 33.0 Å². The van der Waals surface area contributed by atoms with Crippen molar-refractivity contribution in [2.45, 2.75) is 19.9 Å². The fraction of sp³-hybridized carbons (Fsp3) is 0.227. The van der Waals surface area contributed by atoms with Gasteiger partial charge in [0.1, 0.15) is 0 Å². The molecule has 9 heteroatoms. The van der Waals surface area contributed by atoms with Gasteiger partial charge >= 0.3 is 0 Å². The molecule has 0 aliphatic rings. The van der Waals surface area contributed by atoms with Crippen LogP contribution in [0.25, 0.3) is 17.0 Å². The van der Waals surface area contributed by atoms with Crippen molar-refractivity contribution in [3.8, 4) is 0 Å². The second-order valence-corrected chi connectivity index (χ2v) is 8.45. The quantitative estimate of drug-likeness (QED) is 0.125. The number of hydrogen-bond donors (Lipinski definition) is 5. The predicted octanol–water partition coefficient (Wildman–Crippen LogP) is 2.83. The van der Waals surface area contributed by atoms with Gasteiger partial charge in [-0.1, -0.05) is 42.5 Å². The van der Waals surface area contributed by atoms with Crippen molar-refractivity contribution < 1.29 is 23.0 Å². The molecule has 5 N–H and O–H groups in total. The molecule has 0 unspecified atom stereocenters. The van der Waals surface area contributed by atoms with Gasteiger partial charge in [-0.15, -0.1) is 0 Å². The number of fused-ring (bicyclic) bond motifs is 1. The van der Waals surface area contributed by atoms with Crippen LogP contribution in [-0.4, -0.2) is 41.9 Å². The zero-order chi connectivity index (χ0) is 22.9. The van der Waals surface area contributed by atoms with Gasteiger partial charge in [0.25, 0.3) is 16.0 Å². The van der Waals surface area contributed by atoms with E-state index in [1.54, 1.807) is 11.6 Å². The highest BCUT2D eigenvalue weighted by Crippen LogP contribution is 2.21. The molecule has 31 heavy (non-hydrogen) atoms. The molecule has 0 atom stereocenters. The fourth-order valence-electron chi connectivity index (χ4n) is 3.06. The number of rotatable bonds is 7. The highest BCUT2D eigenvalue weighted by Gasteiger charge is 2.07. The average Bonchev–Trinajstić information content (AvgIpc) is 3.04. The zero-order valence-electron chi connectivity index (χ0n) is 17.4. The van der Waals surface area contributed by atoms with Crippen LogP contribution in [0.3, 0.4) is 0 Å². The largest absolute Gasteiger partial charge is 0.358 e. The maximum atomic E-state index is 11.0. The summed E-state index contributed by atoms with van der Waals surface area (Å²) in [6.45, 7) is 3.82. The van der Waals surface area contributed by atoms with Gasteiger partial charge in [-0.05, 0) is 48.7 Å². The molecule has 0 bridgehead atoms. The highest BCUT2D eigenvalue weighted by molar-refractivity contribution is 7.85.